The summed E-state index contributed by atoms with van der Waals surface area (Å²) in [6.45, 7) is 2.32. The molecule has 0 aromatic heterocycles. The van der Waals surface area contributed by atoms with Gasteiger partial charge in [-0.1, -0.05) is 18.2 Å². The van der Waals surface area contributed by atoms with Crippen molar-refractivity contribution in [2.75, 3.05) is 26.2 Å². The number of rotatable bonds is 2. The van der Waals surface area contributed by atoms with Crippen molar-refractivity contribution in [3.63, 3.8) is 0 Å². The van der Waals surface area contributed by atoms with Crippen molar-refractivity contribution in [2.45, 2.75) is 24.8 Å². The Morgan fingerprint density at radius 1 is 0.952 bits per heavy atom. The van der Waals surface area contributed by atoms with E-state index in [0.717, 1.165) is 19.3 Å². The van der Waals surface area contributed by atoms with Crippen LogP contribution in [0.15, 0.2) is 30.3 Å². The van der Waals surface area contributed by atoms with Gasteiger partial charge in [-0.05, 0) is 31.4 Å². The van der Waals surface area contributed by atoms with Crippen LogP contribution in [0.4, 0.5) is 0 Å². The summed E-state index contributed by atoms with van der Waals surface area (Å²) in [6.07, 6.45) is 2.61. The number of nitrogens with two attached hydrogens (primary N) is 1. The van der Waals surface area contributed by atoms with Gasteiger partial charge >= 0.3 is 0 Å². The van der Waals surface area contributed by atoms with Crippen molar-refractivity contribution in [3.05, 3.63) is 35.9 Å². The topological polar surface area (TPSA) is 66.6 Å². The Morgan fingerprint density at radius 2 is 1.52 bits per heavy atom. The predicted molar refractivity (Wildman–Crippen MR) is 79.7 cm³/mol. The van der Waals surface area contributed by atoms with Gasteiger partial charge in [-0.3, -0.25) is 9.59 Å². The number of nitrogens with zero attached hydrogens (tertiary/aromatic N) is 2. The van der Waals surface area contributed by atoms with Crippen molar-refractivity contribution in [3.8, 4) is 0 Å². The molecule has 0 unspecified atom stereocenters. The van der Waals surface area contributed by atoms with E-state index in [1.807, 2.05) is 40.1 Å². The van der Waals surface area contributed by atoms with E-state index < -0.39 is 5.54 Å². The Labute approximate surface area is 124 Å². The van der Waals surface area contributed by atoms with Crippen LogP contribution in [0.2, 0.25) is 0 Å². The lowest BCUT2D eigenvalue weighted by atomic mass is 9.76. The molecule has 5 heteroatoms. The molecule has 3 rings (SSSR count). The van der Waals surface area contributed by atoms with Gasteiger partial charge in [0.15, 0.2) is 0 Å². The van der Waals surface area contributed by atoms with Gasteiger partial charge in [0.2, 0.25) is 5.91 Å². The molecule has 1 aliphatic carbocycles. The maximum atomic E-state index is 12.3. The first-order chi connectivity index (χ1) is 10.1. The van der Waals surface area contributed by atoms with Crippen molar-refractivity contribution in [1.29, 1.82) is 0 Å². The number of carbonyl (C=O) groups excluding carboxylic acids is 2. The summed E-state index contributed by atoms with van der Waals surface area (Å²) in [4.78, 5) is 28.3. The molecular formula is C16H21N3O2. The van der Waals surface area contributed by atoms with Gasteiger partial charge in [0.25, 0.3) is 5.91 Å². The Kier molecular flexibility index (Phi) is 3.68. The smallest absolute Gasteiger partial charge is 0.253 e. The highest BCUT2D eigenvalue weighted by Crippen LogP contribution is 2.31. The van der Waals surface area contributed by atoms with E-state index in [4.69, 9.17) is 5.73 Å². The zero-order valence-electron chi connectivity index (χ0n) is 12.1. The molecule has 1 saturated heterocycles. The van der Waals surface area contributed by atoms with Gasteiger partial charge in [-0.25, -0.2) is 0 Å². The second kappa shape index (κ2) is 5.48. The molecule has 1 aromatic carbocycles. The second-order valence-corrected chi connectivity index (χ2v) is 5.96. The molecule has 5 nitrogen and oxygen atoms in total. The van der Waals surface area contributed by atoms with Gasteiger partial charge < -0.3 is 15.5 Å². The third-order valence-electron chi connectivity index (χ3n) is 4.55. The van der Waals surface area contributed by atoms with E-state index in [0.29, 0.717) is 31.7 Å². The summed E-state index contributed by atoms with van der Waals surface area (Å²) < 4.78 is 0. The molecule has 2 amide bonds. The van der Waals surface area contributed by atoms with Gasteiger partial charge in [-0.15, -0.1) is 0 Å². The van der Waals surface area contributed by atoms with Crippen molar-refractivity contribution in [1.82, 2.24) is 9.80 Å². The van der Waals surface area contributed by atoms with Crippen molar-refractivity contribution in [2.24, 2.45) is 5.73 Å². The fourth-order valence-corrected chi connectivity index (χ4v) is 2.96. The zero-order chi connectivity index (χ0) is 14.9. The maximum absolute atomic E-state index is 12.3. The average Bonchev–Trinajstić information content (AvgIpc) is 2.52. The van der Waals surface area contributed by atoms with Crippen LogP contribution in [-0.4, -0.2) is 53.3 Å². The SMILES string of the molecule is NC1(C(=O)N2CCN(C(=O)c3ccccc3)CC2)CCC1. The average molecular weight is 287 g/mol. The molecule has 1 saturated carbocycles. The number of hydrogen-bond donors (Lipinski definition) is 1. The largest absolute Gasteiger partial charge is 0.338 e. The molecule has 0 radical (unpaired) electrons. The quantitative estimate of drug-likeness (QED) is 0.877. The fraction of sp³-hybridized carbons (Fsp3) is 0.500. The van der Waals surface area contributed by atoms with Crippen LogP contribution in [0.25, 0.3) is 0 Å². The third-order valence-corrected chi connectivity index (χ3v) is 4.55. The highest BCUT2D eigenvalue weighted by Gasteiger charge is 2.43. The van der Waals surface area contributed by atoms with Gasteiger partial charge in [0.1, 0.15) is 0 Å². The van der Waals surface area contributed by atoms with Crippen molar-refractivity contribution < 1.29 is 9.59 Å². The van der Waals surface area contributed by atoms with Crippen LogP contribution in [0.5, 0.6) is 0 Å². The van der Waals surface area contributed by atoms with Crippen LogP contribution in [0.3, 0.4) is 0 Å². The second-order valence-electron chi connectivity index (χ2n) is 5.96. The number of hydrogen-bond acceptors (Lipinski definition) is 3. The molecule has 1 aromatic rings. The first-order valence-corrected chi connectivity index (χ1v) is 7.53. The normalized spacial score (nSPS) is 20.8. The fourth-order valence-electron chi connectivity index (χ4n) is 2.96. The summed E-state index contributed by atoms with van der Waals surface area (Å²) in [6, 6.07) is 9.27. The molecule has 2 N–H and O–H groups in total. The molecule has 2 fully saturated rings. The zero-order valence-corrected chi connectivity index (χ0v) is 12.1. The van der Waals surface area contributed by atoms with Crippen molar-refractivity contribution >= 4 is 11.8 Å². The lowest BCUT2D eigenvalue weighted by Gasteiger charge is -2.43. The van der Waals surface area contributed by atoms with Gasteiger partial charge in [0.05, 0.1) is 5.54 Å². The molecule has 0 atom stereocenters. The van der Waals surface area contributed by atoms with E-state index in [1.54, 1.807) is 0 Å². The van der Waals surface area contributed by atoms with E-state index in [2.05, 4.69) is 0 Å². The molecule has 1 aliphatic heterocycles. The molecule has 2 aliphatic rings. The maximum Gasteiger partial charge on any atom is 0.253 e. The van der Waals surface area contributed by atoms with E-state index >= 15 is 0 Å². The van der Waals surface area contributed by atoms with Crippen LogP contribution in [-0.2, 0) is 4.79 Å². The first kappa shape index (κ1) is 14.1. The molecule has 0 spiro atoms. The van der Waals surface area contributed by atoms with Crippen LogP contribution < -0.4 is 5.73 Å². The highest BCUT2D eigenvalue weighted by atomic mass is 16.2. The Balaban J connectivity index is 1.58. The molecule has 112 valence electrons. The molecule has 0 bridgehead atoms. The van der Waals surface area contributed by atoms with E-state index in [1.165, 1.54) is 0 Å². The lowest BCUT2D eigenvalue weighted by Crippen LogP contribution is -2.62. The first-order valence-electron chi connectivity index (χ1n) is 7.53. The Hall–Kier alpha value is -1.88. The predicted octanol–water partition coefficient (Wildman–Crippen LogP) is 0.852. The van der Waals surface area contributed by atoms with Gasteiger partial charge in [-0.2, -0.15) is 0 Å². The summed E-state index contributed by atoms with van der Waals surface area (Å²) in [5.41, 5.74) is 6.16. The van der Waals surface area contributed by atoms with Crippen LogP contribution in [0.1, 0.15) is 29.6 Å². The summed E-state index contributed by atoms with van der Waals surface area (Å²) in [7, 11) is 0. The standard InChI is InChI=1S/C16H21N3O2/c17-16(7-4-8-16)15(21)19-11-9-18(10-12-19)14(20)13-5-2-1-3-6-13/h1-3,5-6H,4,7-12,17H2. The van der Waals surface area contributed by atoms with E-state index in [9.17, 15) is 9.59 Å². The monoisotopic (exact) mass is 287 g/mol. The lowest BCUT2D eigenvalue weighted by molar-refractivity contribution is -0.141. The molecule has 1 heterocycles. The number of piperazine rings is 1. The third kappa shape index (κ3) is 2.65. The summed E-state index contributed by atoms with van der Waals surface area (Å²) in [5, 5.41) is 0. The minimum absolute atomic E-state index is 0.0359. The minimum atomic E-state index is -0.633. The molecular weight excluding hydrogens is 266 g/mol. The van der Waals surface area contributed by atoms with Gasteiger partial charge in [0, 0.05) is 31.7 Å². The number of benzene rings is 1. The Bertz CT molecular complexity index is 532. The summed E-state index contributed by atoms with van der Waals surface area (Å²) in [5.74, 6) is 0.0920. The molecule has 21 heavy (non-hydrogen) atoms. The van der Waals surface area contributed by atoms with Crippen LogP contribution in [0, 0.1) is 0 Å². The number of amides is 2. The highest BCUT2D eigenvalue weighted by molar-refractivity contribution is 5.94. The minimum Gasteiger partial charge on any atom is -0.338 e. The van der Waals surface area contributed by atoms with Crippen LogP contribution >= 0.6 is 0 Å². The summed E-state index contributed by atoms with van der Waals surface area (Å²) >= 11 is 0. The number of carbonyl (C=O) groups is 2. The van der Waals surface area contributed by atoms with E-state index in [-0.39, 0.29) is 11.8 Å². The Morgan fingerprint density at radius 3 is 2.05 bits per heavy atom.